The van der Waals surface area contributed by atoms with Crippen molar-refractivity contribution in [2.75, 3.05) is 0 Å². The summed E-state index contributed by atoms with van der Waals surface area (Å²) in [7, 11) is 0. The molecule has 0 N–H and O–H groups in total. The minimum absolute atomic E-state index is 0. The largest absolute Gasteiger partial charge is 3.00 e. The molecule has 0 aliphatic carbocycles. The van der Waals surface area contributed by atoms with Crippen LogP contribution in [0.25, 0.3) is 0 Å². The van der Waals surface area contributed by atoms with Gasteiger partial charge in [-0.15, -0.1) is 5.56 Å². The first-order valence-electron chi connectivity index (χ1n) is 2.76. The Hall–Kier alpha value is -0.186. The van der Waals surface area contributed by atoms with Crippen molar-refractivity contribution >= 4 is 0 Å². The van der Waals surface area contributed by atoms with Crippen molar-refractivity contribution in [3.8, 4) is 6.07 Å². The van der Waals surface area contributed by atoms with E-state index in [1.54, 1.807) is 0 Å². The Labute approximate surface area is 85.9 Å². The SMILES string of the molecule is N#CCc1[c-]cccc1.[Y+3]. The third-order valence-corrected chi connectivity index (χ3v) is 1.04. The van der Waals surface area contributed by atoms with Crippen molar-refractivity contribution in [2.24, 2.45) is 0 Å². The summed E-state index contributed by atoms with van der Waals surface area (Å²) in [5, 5.41) is 8.25. The van der Waals surface area contributed by atoms with Gasteiger partial charge in [0, 0.05) is 6.42 Å². The molecule has 0 saturated carbocycles. The molecular formula is C8H6NY+2. The smallest absolute Gasteiger partial charge is 0.198 e. The number of nitrogens with zero attached hydrogens (tertiary/aromatic N) is 1. The van der Waals surface area contributed by atoms with Gasteiger partial charge in [0.05, 0.1) is 6.07 Å². The van der Waals surface area contributed by atoms with Crippen molar-refractivity contribution < 1.29 is 32.7 Å². The van der Waals surface area contributed by atoms with Crippen LogP contribution in [0.15, 0.2) is 24.3 Å². The number of nitriles is 1. The molecule has 0 saturated heterocycles. The van der Waals surface area contributed by atoms with Crippen LogP contribution in [0.5, 0.6) is 0 Å². The van der Waals surface area contributed by atoms with Crippen LogP contribution < -0.4 is 0 Å². The summed E-state index contributed by atoms with van der Waals surface area (Å²) in [5.74, 6) is 0. The summed E-state index contributed by atoms with van der Waals surface area (Å²) < 4.78 is 0. The Morgan fingerprint density at radius 2 is 2.30 bits per heavy atom. The van der Waals surface area contributed by atoms with Crippen molar-refractivity contribution in [1.29, 1.82) is 5.26 Å². The molecule has 0 heterocycles. The van der Waals surface area contributed by atoms with Gasteiger partial charge in [0.1, 0.15) is 0 Å². The molecule has 0 aliphatic rings. The van der Waals surface area contributed by atoms with Crippen LogP contribution in [-0.2, 0) is 39.1 Å². The van der Waals surface area contributed by atoms with Crippen molar-refractivity contribution in [2.45, 2.75) is 6.42 Å². The third-order valence-electron chi connectivity index (χ3n) is 1.04. The van der Waals surface area contributed by atoms with Crippen molar-refractivity contribution in [1.82, 2.24) is 0 Å². The van der Waals surface area contributed by atoms with E-state index in [1.165, 1.54) is 0 Å². The number of hydrogen-bond acceptors (Lipinski definition) is 1. The molecule has 1 aromatic carbocycles. The van der Waals surface area contributed by atoms with Crippen molar-refractivity contribution in [3.05, 3.63) is 35.9 Å². The summed E-state index contributed by atoms with van der Waals surface area (Å²) in [5.41, 5.74) is 0.958. The number of hydrogen-bond donors (Lipinski definition) is 0. The second-order valence-electron chi connectivity index (χ2n) is 1.72. The van der Waals surface area contributed by atoms with E-state index in [2.05, 4.69) is 12.1 Å². The predicted octanol–water partition coefficient (Wildman–Crippen LogP) is 1.55. The van der Waals surface area contributed by atoms with Crippen LogP contribution >= 0.6 is 0 Å². The molecule has 0 unspecified atom stereocenters. The van der Waals surface area contributed by atoms with Gasteiger partial charge in [-0.25, -0.2) is 0 Å². The first-order valence-corrected chi connectivity index (χ1v) is 2.76. The molecule has 1 nitrogen and oxygen atoms in total. The van der Waals surface area contributed by atoms with Crippen molar-refractivity contribution in [3.63, 3.8) is 0 Å². The summed E-state index contributed by atoms with van der Waals surface area (Å²) in [6.07, 6.45) is 0.459. The topological polar surface area (TPSA) is 23.8 Å². The van der Waals surface area contributed by atoms with Gasteiger partial charge < -0.3 is 0 Å². The molecule has 2 heteroatoms. The average Bonchev–Trinajstić information content (AvgIpc) is 1.91. The Balaban J connectivity index is 0.000000810. The minimum Gasteiger partial charge on any atom is -0.198 e. The summed E-state index contributed by atoms with van der Waals surface area (Å²) in [6, 6.07) is 12.5. The van der Waals surface area contributed by atoms with E-state index in [1.807, 2.05) is 24.3 Å². The average molecular weight is 205 g/mol. The van der Waals surface area contributed by atoms with Gasteiger partial charge in [-0.2, -0.15) is 35.6 Å². The van der Waals surface area contributed by atoms with Crippen LogP contribution in [0, 0.1) is 17.4 Å². The maximum atomic E-state index is 8.25. The second-order valence-corrected chi connectivity index (χ2v) is 1.72. The molecule has 44 valence electrons. The fraction of sp³-hybridized carbons (Fsp3) is 0.125. The molecule has 0 spiro atoms. The van der Waals surface area contributed by atoms with Crippen LogP contribution in [0.1, 0.15) is 5.56 Å². The standard InChI is InChI=1S/C8H6N.Y/c9-7-6-8-4-2-1-3-5-8;/h1-4H,6H2;/q-1;+3. The van der Waals surface area contributed by atoms with E-state index in [0.29, 0.717) is 6.42 Å². The van der Waals surface area contributed by atoms with Crippen LogP contribution in [0.3, 0.4) is 0 Å². The molecule has 0 aromatic heterocycles. The molecule has 0 amide bonds. The molecule has 0 radical (unpaired) electrons. The molecule has 1 rings (SSSR count). The van der Waals surface area contributed by atoms with E-state index < -0.39 is 0 Å². The zero-order chi connectivity index (χ0) is 6.53. The number of rotatable bonds is 1. The first-order chi connectivity index (χ1) is 4.43. The van der Waals surface area contributed by atoms with Gasteiger partial charge in [-0.05, 0) is 0 Å². The van der Waals surface area contributed by atoms with E-state index in [4.69, 9.17) is 5.26 Å². The first kappa shape index (κ1) is 9.81. The Morgan fingerprint density at radius 3 is 2.80 bits per heavy atom. The third kappa shape index (κ3) is 3.10. The molecule has 1 aromatic rings. The molecule has 0 aliphatic heterocycles. The molecule has 10 heavy (non-hydrogen) atoms. The zero-order valence-electron chi connectivity index (χ0n) is 5.54. The molecule has 0 fully saturated rings. The van der Waals surface area contributed by atoms with E-state index >= 15 is 0 Å². The molecular weight excluding hydrogens is 199 g/mol. The summed E-state index contributed by atoms with van der Waals surface area (Å²) in [4.78, 5) is 0. The van der Waals surface area contributed by atoms with E-state index in [0.717, 1.165) is 5.56 Å². The fourth-order valence-electron chi connectivity index (χ4n) is 0.626. The van der Waals surface area contributed by atoms with Crippen LogP contribution in [0.2, 0.25) is 0 Å². The van der Waals surface area contributed by atoms with Gasteiger partial charge in [0.2, 0.25) is 0 Å². The Kier molecular flexibility index (Phi) is 5.48. The summed E-state index contributed by atoms with van der Waals surface area (Å²) >= 11 is 0. The normalized spacial score (nSPS) is 7.50. The quantitative estimate of drug-likeness (QED) is 0.638. The second kappa shape index (κ2) is 5.59. The maximum absolute atomic E-state index is 8.25. The predicted molar refractivity (Wildman–Crippen MR) is 34.6 cm³/mol. The van der Waals surface area contributed by atoms with Gasteiger partial charge >= 0.3 is 32.7 Å². The maximum Gasteiger partial charge on any atom is 3.00 e. The Bertz CT molecular complexity index is 212. The zero-order valence-corrected chi connectivity index (χ0v) is 8.38. The van der Waals surface area contributed by atoms with Gasteiger partial charge in [0.15, 0.2) is 0 Å². The number of benzene rings is 1. The van der Waals surface area contributed by atoms with Gasteiger partial charge in [-0.3, -0.25) is 0 Å². The van der Waals surface area contributed by atoms with Crippen LogP contribution in [0.4, 0.5) is 0 Å². The molecule has 0 atom stereocenters. The minimum atomic E-state index is 0. The van der Waals surface area contributed by atoms with Crippen LogP contribution in [-0.4, -0.2) is 0 Å². The van der Waals surface area contributed by atoms with Gasteiger partial charge in [-0.1, -0.05) is 0 Å². The Morgan fingerprint density at radius 1 is 1.50 bits per heavy atom. The monoisotopic (exact) mass is 205 g/mol. The molecule has 0 bridgehead atoms. The van der Waals surface area contributed by atoms with E-state index in [9.17, 15) is 0 Å². The summed E-state index contributed by atoms with van der Waals surface area (Å²) in [6.45, 7) is 0. The van der Waals surface area contributed by atoms with E-state index in [-0.39, 0.29) is 32.7 Å². The van der Waals surface area contributed by atoms with Gasteiger partial charge in [0.25, 0.3) is 0 Å². The fourth-order valence-corrected chi connectivity index (χ4v) is 0.626.